The molecule has 0 radical (unpaired) electrons. The fraction of sp³-hybridized carbons (Fsp3) is 0.111. The Hall–Kier alpha value is -1.64. The number of carboxylic acid groups (broad SMARTS) is 1. The Labute approximate surface area is 70.4 Å². The van der Waals surface area contributed by atoms with E-state index in [1.165, 1.54) is 0 Å². The molecule has 3 nitrogen and oxygen atoms in total. The van der Waals surface area contributed by atoms with Gasteiger partial charge in [-0.25, -0.2) is 4.79 Å². The Morgan fingerprint density at radius 3 is 3.00 bits per heavy atom. The predicted molar refractivity (Wildman–Crippen MR) is 44.7 cm³/mol. The Balaban J connectivity index is 2.49. The molecule has 1 aromatic rings. The van der Waals surface area contributed by atoms with E-state index in [1.807, 2.05) is 18.2 Å². The molecule has 0 atom stereocenters. The van der Waals surface area contributed by atoms with Gasteiger partial charge >= 0.3 is 5.97 Å². The number of aliphatic carboxylic acids is 1. The van der Waals surface area contributed by atoms with Crippen molar-refractivity contribution in [2.75, 3.05) is 0 Å². The smallest absolute Gasteiger partial charge is 0.327 e. The Morgan fingerprint density at radius 1 is 1.58 bits per heavy atom. The lowest BCUT2D eigenvalue weighted by molar-refractivity contribution is -0.131. The minimum atomic E-state index is -0.925. The van der Waals surface area contributed by atoms with Gasteiger partial charge in [0.15, 0.2) is 0 Å². The lowest BCUT2D eigenvalue weighted by atomic mass is 10.2. The summed E-state index contributed by atoms with van der Waals surface area (Å²) in [6.45, 7) is 0. The molecule has 0 fully saturated rings. The first-order chi connectivity index (χ1) is 5.79. The minimum absolute atomic E-state index is 0.563. The number of pyridine rings is 1. The van der Waals surface area contributed by atoms with Crippen LogP contribution >= 0.6 is 0 Å². The molecule has 62 valence electrons. The lowest BCUT2D eigenvalue weighted by Gasteiger charge is -1.91. The number of hydrogen-bond acceptors (Lipinski definition) is 2. The second kappa shape index (κ2) is 4.28. The molecule has 1 aromatic heterocycles. The molecule has 1 rings (SSSR count). The van der Waals surface area contributed by atoms with Crippen molar-refractivity contribution in [2.24, 2.45) is 0 Å². The second-order valence-electron chi connectivity index (χ2n) is 2.27. The molecule has 0 aliphatic heterocycles. The van der Waals surface area contributed by atoms with E-state index >= 15 is 0 Å². The van der Waals surface area contributed by atoms with Gasteiger partial charge in [-0.15, -0.1) is 0 Å². The van der Waals surface area contributed by atoms with Crippen LogP contribution in [0.4, 0.5) is 0 Å². The number of hydrogen-bond donors (Lipinski definition) is 1. The highest BCUT2D eigenvalue weighted by Crippen LogP contribution is 1.94. The van der Waals surface area contributed by atoms with Crippen molar-refractivity contribution >= 4 is 5.97 Å². The molecule has 0 aromatic carbocycles. The molecule has 0 aliphatic carbocycles. The molecular formula is C9H9NO2. The van der Waals surface area contributed by atoms with Gasteiger partial charge in [0.1, 0.15) is 0 Å². The first-order valence-electron chi connectivity index (χ1n) is 3.58. The van der Waals surface area contributed by atoms with Crippen molar-refractivity contribution in [3.05, 3.63) is 42.2 Å². The maximum Gasteiger partial charge on any atom is 0.327 e. The van der Waals surface area contributed by atoms with Gasteiger partial charge in [0.2, 0.25) is 0 Å². The van der Waals surface area contributed by atoms with Crippen LogP contribution in [0.1, 0.15) is 5.69 Å². The van der Waals surface area contributed by atoms with Crippen molar-refractivity contribution in [1.82, 2.24) is 4.98 Å². The third-order valence-electron chi connectivity index (χ3n) is 1.31. The van der Waals surface area contributed by atoms with Crippen LogP contribution in [-0.2, 0) is 11.2 Å². The van der Waals surface area contributed by atoms with E-state index in [4.69, 9.17) is 5.11 Å². The predicted octanol–water partition coefficient (Wildman–Crippen LogP) is 1.26. The van der Waals surface area contributed by atoms with Crippen molar-refractivity contribution in [1.29, 1.82) is 0 Å². The van der Waals surface area contributed by atoms with E-state index in [0.29, 0.717) is 6.42 Å². The molecule has 0 aliphatic rings. The number of carboxylic acids is 1. The third kappa shape index (κ3) is 2.96. The van der Waals surface area contributed by atoms with E-state index in [1.54, 1.807) is 12.3 Å². The highest BCUT2D eigenvalue weighted by Gasteiger charge is 1.88. The fourth-order valence-electron chi connectivity index (χ4n) is 0.799. The summed E-state index contributed by atoms with van der Waals surface area (Å²) >= 11 is 0. The molecule has 1 N–H and O–H groups in total. The van der Waals surface area contributed by atoms with Gasteiger partial charge in [0, 0.05) is 24.4 Å². The van der Waals surface area contributed by atoms with Gasteiger partial charge in [0.05, 0.1) is 0 Å². The molecule has 0 spiro atoms. The van der Waals surface area contributed by atoms with Gasteiger partial charge in [-0.3, -0.25) is 4.98 Å². The zero-order valence-corrected chi connectivity index (χ0v) is 6.47. The van der Waals surface area contributed by atoms with Crippen LogP contribution in [0, 0.1) is 0 Å². The summed E-state index contributed by atoms with van der Waals surface area (Å²) in [5.74, 6) is -0.925. The first kappa shape index (κ1) is 8.46. The van der Waals surface area contributed by atoms with Gasteiger partial charge in [-0.2, -0.15) is 0 Å². The van der Waals surface area contributed by atoms with Gasteiger partial charge in [-0.1, -0.05) is 12.1 Å². The normalized spacial score (nSPS) is 10.3. The van der Waals surface area contributed by atoms with Crippen LogP contribution in [0.3, 0.4) is 0 Å². The molecular weight excluding hydrogens is 154 g/mol. The van der Waals surface area contributed by atoms with Crippen molar-refractivity contribution in [3.63, 3.8) is 0 Å². The molecule has 0 saturated heterocycles. The summed E-state index contributed by atoms with van der Waals surface area (Å²) < 4.78 is 0. The monoisotopic (exact) mass is 163 g/mol. The minimum Gasteiger partial charge on any atom is -0.478 e. The van der Waals surface area contributed by atoms with Gasteiger partial charge in [0.25, 0.3) is 0 Å². The quantitative estimate of drug-likeness (QED) is 0.682. The topological polar surface area (TPSA) is 50.2 Å². The molecule has 0 bridgehead atoms. The van der Waals surface area contributed by atoms with E-state index in [9.17, 15) is 4.79 Å². The molecule has 0 saturated carbocycles. The fourth-order valence-corrected chi connectivity index (χ4v) is 0.799. The molecule has 0 unspecified atom stereocenters. The van der Waals surface area contributed by atoms with E-state index in [-0.39, 0.29) is 0 Å². The maximum absolute atomic E-state index is 10.1. The number of rotatable bonds is 3. The summed E-state index contributed by atoms with van der Waals surface area (Å²) in [5, 5.41) is 8.28. The average molecular weight is 163 g/mol. The summed E-state index contributed by atoms with van der Waals surface area (Å²) in [5.41, 5.74) is 0.870. The van der Waals surface area contributed by atoms with Crippen LogP contribution in [0.15, 0.2) is 36.5 Å². The summed E-state index contributed by atoms with van der Waals surface area (Å²) in [6.07, 6.45) is 4.94. The van der Waals surface area contributed by atoms with E-state index in [0.717, 1.165) is 11.8 Å². The number of carbonyl (C=O) groups is 1. The van der Waals surface area contributed by atoms with Crippen molar-refractivity contribution in [2.45, 2.75) is 6.42 Å². The molecule has 1 heterocycles. The van der Waals surface area contributed by atoms with Crippen LogP contribution in [-0.4, -0.2) is 16.1 Å². The standard InChI is InChI=1S/C9H9NO2/c11-9(12)6-3-5-8-4-1-2-7-10-8/h1-4,6-7H,5H2,(H,11,12). The first-order valence-corrected chi connectivity index (χ1v) is 3.58. The zero-order chi connectivity index (χ0) is 8.81. The summed E-state index contributed by atoms with van der Waals surface area (Å²) in [4.78, 5) is 14.1. The third-order valence-corrected chi connectivity index (χ3v) is 1.31. The zero-order valence-electron chi connectivity index (χ0n) is 6.47. The van der Waals surface area contributed by atoms with Crippen LogP contribution in [0.5, 0.6) is 0 Å². The molecule has 12 heavy (non-hydrogen) atoms. The number of allylic oxidation sites excluding steroid dienone is 1. The number of nitrogens with zero attached hydrogens (tertiary/aromatic N) is 1. The van der Waals surface area contributed by atoms with Crippen LogP contribution in [0.25, 0.3) is 0 Å². The Kier molecular flexibility index (Phi) is 3.02. The summed E-state index contributed by atoms with van der Waals surface area (Å²) in [6, 6.07) is 5.55. The Bertz CT molecular complexity index is 280. The molecule has 0 amide bonds. The van der Waals surface area contributed by atoms with E-state index < -0.39 is 5.97 Å². The Morgan fingerprint density at radius 2 is 2.42 bits per heavy atom. The summed E-state index contributed by atoms with van der Waals surface area (Å²) in [7, 11) is 0. The van der Waals surface area contributed by atoms with Gasteiger partial charge in [-0.05, 0) is 12.1 Å². The molecule has 3 heteroatoms. The average Bonchev–Trinajstić information content (AvgIpc) is 2.05. The largest absolute Gasteiger partial charge is 0.478 e. The van der Waals surface area contributed by atoms with Crippen molar-refractivity contribution in [3.8, 4) is 0 Å². The van der Waals surface area contributed by atoms with Crippen molar-refractivity contribution < 1.29 is 9.90 Å². The van der Waals surface area contributed by atoms with Crippen LogP contribution < -0.4 is 0 Å². The maximum atomic E-state index is 10.1. The van der Waals surface area contributed by atoms with Crippen LogP contribution in [0.2, 0.25) is 0 Å². The number of aromatic nitrogens is 1. The SMILES string of the molecule is O=C(O)C=CCc1ccccn1. The lowest BCUT2D eigenvalue weighted by Crippen LogP contribution is -1.89. The highest BCUT2D eigenvalue weighted by molar-refractivity contribution is 5.79. The second-order valence-corrected chi connectivity index (χ2v) is 2.27. The van der Waals surface area contributed by atoms with Gasteiger partial charge < -0.3 is 5.11 Å². The van der Waals surface area contributed by atoms with E-state index in [2.05, 4.69) is 4.98 Å². The highest BCUT2D eigenvalue weighted by atomic mass is 16.4.